The molecular weight excluding hydrogens is 405 g/mol. The SMILES string of the molecule is Nc1cncc(-c2ccc3[nH]nc(-c4nc5c(-c6ccc(F)cc6)cccc5[nH]4)c3n2)c1. The van der Waals surface area contributed by atoms with Crippen LogP contribution in [0.3, 0.4) is 0 Å². The Morgan fingerprint density at radius 3 is 2.53 bits per heavy atom. The minimum absolute atomic E-state index is 0.274. The summed E-state index contributed by atoms with van der Waals surface area (Å²) < 4.78 is 13.4. The van der Waals surface area contributed by atoms with Gasteiger partial charge in [0.05, 0.1) is 27.9 Å². The molecule has 4 N–H and O–H groups in total. The quantitative estimate of drug-likeness (QED) is 0.374. The molecule has 8 heteroatoms. The van der Waals surface area contributed by atoms with Gasteiger partial charge in [-0.1, -0.05) is 24.3 Å². The topological polar surface area (TPSA) is 109 Å². The first-order valence-electron chi connectivity index (χ1n) is 9.97. The third-order valence-electron chi connectivity index (χ3n) is 5.36. The molecule has 7 nitrogen and oxygen atoms in total. The van der Waals surface area contributed by atoms with Crippen molar-refractivity contribution in [3.63, 3.8) is 0 Å². The van der Waals surface area contributed by atoms with Gasteiger partial charge in [0.2, 0.25) is 0 Å². The molecule has 0 saturated carbocycles. The van der Waals surface area contributed by atoms with Crippen LogP contribution in [0.15, 0.2) is 73.1 Å². The van der Waals surface area contributed by atoms with Gasteiger partial charge in [-0.15, -0.1) is 0 Å². The molecule has 4 aromatic heterocycles. The molecule has 0 aliphatic carbocycles. The van der Waals surface area contributed by atoms with Crippen LogP contribution in [0.2, 0.25) is 0 Å². The Balaban J connectivity index is 1.50. The highest BCUT2D eigenvalue weighted by atomic mass is 19.1. The lowest BCUT2D eigenvalue weighted by molar-refractivity contribution is 0.628. The van der Waals surface area contributed by atoms with Crippen LogP contribution in [0.1, 0.15) is 0 Å². The van der Waals surface area contributed by atoms with Crippen LogP contribution in [0.25, 0.3) is 56.0 Å². The van der Waals surface area contributed by atoms with Gasteiger partial charge in [-0.2, -0.15) is 5.10 Å². The van der Waals surface area contributed by atoms with Gasteiger partial charge < -0.3 is 10.7 Å². The first-order chi connectivity index (χ1) is 15.7. The van der Waals surface area contributed by atoms with E-state index in [2.05, 4.69) is 20.2 Å². The van der Waals surface area contributed by atoms with E-state index in [4.69, 9.17) is 15.7 Å². The van der Waals surface area contributed by atoms with Crippen molar-refractivity contribution in [2.45, 2.75) is 0 Å². The smallest absolute Gasteiger partial charge is 0.161 e. The lowest BCUT2D eigenvalue weighted by Gasteiger charge is -2.02. The normalized spacial score (nSPS) is 11.4. The van der Waals surface area contributed by atoms with E-state index >= 15 is 0 Å². The van der Waals surface area contributed by atoms with Crippen molar-refractivity contribution in [3.05, 3.63) is 78.9 Å². The standard InChI is InChI=1S/C24H16FN7/c25-15-6-4-13(5-7-15)17-2-1-3-19-21(17)30-24(29-19)23-22-20(31-32-23)9-8-18(28-22)14-10-16(26)12-27-11-14/h1-12H,26H2,(H,29,30)(H,31,32). The van der Waals surface area contributed by atoms with Gasteiger partial charge >= 0.3 is 0 Å². The summed E-state index contributed by atoms with van der Waals surface area (Å²) in [5.74, 6) is 0.319. The largest absolute Gasteiger partial charge is 0.397 e. The molecule has 6 aromatic rings. The van der Waals surface area contributed by atoms with Crippen molar-refractivity contribution in [3.8, 4) is 33.9 Å². The molecular formula is C24H16FN7. The van der Waals surface area contributed by atoms with E-state index in [1.165, 1.54) is 12.1 Å². The highest BCUT2D eigenvalue weighted by Crippen LogP contribution is 2.32. The van der Waals surface area contributed by atoms with Crippen LogP contribution >= 0.6 is 0 Å². The van der Waals surface area contributed by atoms with Crippen molar-refractivity contribution >= 4 is 27.8 Å². The number of halogens is 1. The Hall–Kier alpha value is -4.59. The van der Waals surface area contributed by atoms with Crippen LogP contribution in [0, 0.1) is 5.82 Å². The molecule has 0 amide bonds. The predicted octanol–water partition coefficient (Wildman–Crippen LogP) is 4.95. The molecule has 0 radical (unpaired) electrons. The number of anilines is 1. The number of rotatable bonds is 3. The predicted molar refractivity (Wildman–Crippen MR) is 122 cm³/mol. The Kier molecular flexibility index (Phi) is 3.97. The number of aromatic nitrogens is 6. The fraction of sp³-hybridized carbons (Fsp3) is 0. The maximum atomic E-state index is 13.4. The van der Waals surface area contributed by atoms with Crippen LogP contribution in [-0.4, -0.2) is 30.1 Å². The van der Waals surface area contributed by atoms with Gasteiger partial charge in [0.25, 0.3) is 0 Å². The number of pyridine rings is 2. The zero-order chi connectivity index (χ0) is 21.7. The molecule has 0 bridgehead atoms. The zero-order valence-electron chi connectivity index (χ0n) is 16.7. The summed E-state index contributed by atoms with van der Waals surface area (Å²) in [6, 6.07) is 17.9. The lowest BCUT2D eigenvalue weighted by atomic mass is 10.0. The number of H-pyrrole nitrogens is 2. The first-order valence-corrected chi connectivity index (χ1v) is 9.97. The second kappa shape index (κ2) is 6.98. The number of nitrogens with one attached hydrogen (secondary N) is 2. The number of fused-ring (bicyclic) bond motifs is 2. The summed E-state index contributed by atoms with van der Waals surface area (Å²) in [7, 11) is 0. The minimum atomic E-state index is -0.274. The van der Waals surface area contributed by atoms with Crippen molar-refractivity contribution in [2.75, 3.05) is 5.73 Å². The highest BCUT2D eigenvalue weighted by molar-refractivity contribution is 5.96. The summed E-state index contributed by atoms with van der Waals surface area (Å²) in [6.45, 7) is 0. The third-order valence-corrected chi connectivity index (χ3v) is 5.36. The van der Waals surface area contributed by atoms with Crippen molar-refractivity contribution in [2.24, 2.45) is 0 Å². The van der Waals surface area contributed by atoms with Gasteiger partial charge in [0.15, 0.2) is 11.5 Å². The van der Waals surface area contributed by atoms with Gasteiger partial charge in [-0.25, -0.2) is 14.4 Å². The summed E-state index contributed by atoms with van der Waals surface area (Å²) >= 11 is 0. The van der Waals surface area contributed by atoms with E-state index < -0.39 is 0 Å². The molecule has 0 unspecified atom stereocenters. The molecule has 0 fully saturated rings. The van der Waals surface area contributed by atoms with Crippen LogP contribution in [0.4, 0.5) is 10.1 Å². The zero-order valence-corrected chi connectivity index (χ0v) is 16.7. The molecule has 0 aliphatic rings. The molecule has 0 atom stereocenters. The van der Waals surface area contributed by atoms with E-state index in [-0.39, 0.29) is 5.82 Å². The highest BCUT2D eigenvalue weighted by Gasteiger charge is 2.17. The maximum Gasteiger partial charge on any atom is 0.161 e. The Morgan fingerprint density at radius 1 is 0.812 bits per heavy atom. The van der Waals surface area contributed by atoms with Crippen LogP contribution in [-0.2, 0) is 0 Å². The minimum Gasteiger partial charge on any atom is -0.397 e. The van der Waals surface area contributed by atoms with Crippen LogP contribution < -0.4 is 5.73 Å². The van der Waals surface area contributed by atoms with E-state index in [0.717, 1.165) is 38.9 Å². The van der Waals surface area contributed by atoms with Gasteiger partial charge in [0.1, 0.15) is 11.3 Å². The average Bonchev–Trinajstić information content (AvgIpc) is 3.43. The second-order valence-corrected chi connectivity index (χ2v) is 7.47. The molecule has 154 valence electrons. The number of benzene rings is 2. The number of hydrogen-bond acceptors (Lipinski definition) is 5. The maximum absolute atomic E-state index is 13.4. The number of nitrogens with zero attached hydrogens (tertiary/aromatic N) is 4. The summed E-state index contributed by atoms with van der Waals surface area (Å²) in [5.41, 5.74) is 13.5. The fourth-order valence-corrected chi connectivity index (χ4v) is 3.83. The Bertz CT molecular complexity index is 1600. The lowest BCUT2D eigenvalue weighted by Crippen LogP contribution is -1.90. The molecule has 6 rings (SSSR count). The number of aromatic amines is 2. The monoisotopic (exact) mass is 421 g/mol. The van der Waals surface area contributed by atoms with Crippen molar-refractivity contribution in [1.82, 2.24) is 30.1 Å². The average molecular weight is 421 g/mol. The van der Waals surface area contributed by atoms with E-state index in [0.29, 0.717) is 22.7 Å². The Labute approximate surface area is 181 Å². The molecule has 32 heavy (non-hydrogen) atoms. The molecule has 2 aromatic carbocycles. The van der Waals surface area contributed by atoms with Gasteiger partial charge in [-0.05, 0) is 42.0 Å². The second-order valence-electron chi connectivity index (χ2n) is 7.47. The van der Waals surface area contributed by atoms with Gasteiger partial charge in [-0.3, -0.25) is 10.1 Å². The fourth-order valence-electron chi connectivity index (χ4n) is 3.83. The molecule has 0 saturated heterocycles. The van der Waals surface area contributed by atoms with E-state index in [1.54, 1.807) is 24.5 Å². The number of imidazole rings is 1. The van der Waals surface area contributed by atoms with Gasteiger partial charge in [0, 0.05) is 23.5 Å². The van der Waals surface area contributed by atoms with E-state index in [1.807, 2.05) is 36.4 Å². The third kappa shape index (κ3) is 2.97. The summed E-state index contributed by atoms with van der Waals surface area (Å²) in [4.78, 5) is 17.1. The number of hydrogen-bond donors (Lipinski definition) is 3. The van der Waals surface area contributed by atoms with Crippen LogP contribution in [0.5, 0.6) is 0 Å². The Morgan fingerprint density at radius 2 is 1.69 bits per heavy atom. The number of para-hydroxylation sites is 1. The number of nitrogen functional groups attached to an aromatic ring is 1. The molecule has 4 heterocycles. The van der Waals surface area contributed by atoms with E-state index in [9.17, 15) is 4.39 Å². The summed E-state index contributed by atoms with van der Waals surface area (Å²) in [5, 5.41) is 7.48. The van der Waals surface area contributed by atoms with Crippen molar-refractivity contribution < 1.29 is 4.39 Å². The molecule has 0 aliphatic heterocycles. The van der Waals surface area contributed by atoms with Crippen molar-refractivity contribution in [1.29, 1.82) is 0 Å². The number of nitrogens with two attached hydrogens (primary N) is 1. The first kappa shape index (κ1) is 18.2. The molecule has 0 spiro atoms. The summed E-state index contributed by atoms with van der Waals surface area (Å²) in [6.07, 6.45) is 3.32.